The van der Waals surface area contributed by atoms with E-state index < -0.39 is 6.10 Å². The van der Waals surface area contributed by atoms with Gasteiger partial charge in [0.1, 0.15) is 11.9 Å². The van der Waals surface area contributed by atoms with Gasteiger partial charge in [0.2, 0.25) is 0 Å². The lowest BCUT2D eigenvalue weighted by Gasteiger charge is -2.05. The zero-order valence-electron chi connectivity index (χ0n) is 7.74. The number of methoxy groups -OCH3 is 1. The van der Waals surface area contributed by atoms with Gasteiger partial charge in [-0.3, -0.25) is 0 Å². The Balaban J connectivity index is 2.92. The zero-order chi connectivity index (χ0) is 9.68. The van der Waals surface area contributed by atoms with Crippen molar-refractivity contribution < 1.29 is 9.84 Å². The third kappa shape index (κ3) is 2.50. The fraction of sp³-hybridized carbons (Fsp3) is 0.273. The summed E-state index contributed by atoms with van der Waals surface area (Å²) in [5.41, 5.74) is 0.758. The summed E-state index contributed by atoms with van der Waals surface area (Å²) in [5.74, 6) is 6.06. The molecule has 0 radical (unpaired) electrons. The monoisotopic (exact) mass is 176 g/mol. The molecule has 0 bridgehead atoms. The third-order valence-electron chi connectivity index (χ3n) is 1.69. The number of ether oxygens (including phenoxy) is 1. The van der Waals surface area contributed by atoms with Crippen LogP contribution in [0.2, 0.25) is 0 Å². The highest BCUT2D eigenvalue weighted by Crippen LogP contribution is 2.18. The number of rotatable bonds is 2. The SMILES string of the molecule is CC#CC(O)c1cccc(OC)c1. The molecule has 0 aromatic heterocycles. The molecule has 2 heteroatoms. The molecular weight excluding hydrogens is 164 g/mol. The fourth-order valence-electron chi connectivity index (χ4n) is 1.03. The maximum Gasteiger partial charge on any atom is 0.140 e. The lowest BCUT2D eigenvalue weighted by Crippen LogP contribution is -1.94. The van der Waals surface area contributed by atoms with Gasteiger partial charge in [-0.15, -0.1) is 5.92 Å². The smallest absolute Gasteiger partial charge is 0.140 e. The van der Waals surface area contributed by atoms with E-state index in [0.29, 0.717) is 0 Å². The van der Waals surface area contributed by atoms with Crippen molar-refractivity contribution >= 4 is 0 Å². The first-order valence-corrected chi connectivity index (χ1v) is 4.02. The van der Waals surface area contributed by atoms with Gasteiger partial charge in [0.25, 0.3) is 0 Å². The van der Waals surface area contributed by atoms with Gasteiger partial charge in [-0.05, 0) is 24.6 Å². The second-order valence-electron chi connectivity index (χ2n) is 2.57. The van der Waals surface area contributed by atoms with Crippen molar-refractivity contribution in [3.05, 3.63) is 29.8 Å². The molecule has 1 unspecified atom stereocenters. The lowest BCUT2D eigenvalue weighted by atomic mass is 10.1. The molecule has 1 aromatic rings. The predicted molar refractivity (Wildman–Crippen MR) is 51.4 cm³/mol. The van der Waals surface area contributed by atoms with E-state index in [9.17, 15) is 5.11 Å². The van der Waals surface area contributed by atoms with Crippen LogP contribution in [0.4, 0.5) is 0 Å². The highest BCUT2D eigenvalue weighted by atomic mass is 16.5. The Labute approximate surface area is 78.2 Å². The molecule has 1 N–H and O–H groups in total. The van der Waals surface area contributed by atoms with Crippen LogP contribution in [0.1, 0.15) is 18.6 Å². The van der Waals surface area contributed by atoms with E-state index in [1.54, 1.807) is 20.1 Å². The number of hydrogen-bond acceptors (Lipinski definition) is 2. The normalized spacial score (nSPS) is 11.3. The summed E-state index contributed by atoms with van der Waals surface area (Å²) in [6.07, 6.45) is -0.722. The molecular formula is C11H12O2. The maximum atomic E-state index is 9.51. The Morgan fingerprint density at radius 3 is 2.85 bits per heavy atom. The van der Waals surface area contributed by atoms with Gasteiger partial charge in [-0.1, -0.05) is 18.1 Å². The molecule has 0 amide bonds. The predicted octanol–water partition coefficient (Wildman–Crippen LogP) is 1.75. The summed E-state index contributed by atoms with van der Waals surface area (Å²) in [5, 5.41) is 9.51. The van der Waals surface area contributed by atoms with Gasteiger partial charge in [0, 0.05) is 0 Å². The molecule has 0 spiro atoms. The van der Waals surface area contributed by atoms with E-state index in [4.69, 9.17) is 4.74 Å². The van der Waals surface area contributed by atoms with Crippen LogP contribution in [-0.4, -0.2) is 12.2 Å². The van der Waals surface area contributed by atoms with E-state index in [2.05, 4.69) is 11.8 Å². The molecule has 1 rings (SSSR count). The first-order chi connectivity index (χ1) is 6.27. The molecule has 0 saturated carbocycles. The van der Waals surface area contributed by atoms with Crippen LogP contribution in [0.3, 0.4) is 0 Å². The number of aliphatic hydroxyl groups excluding tert-OH is 1. The second kappa shape index (κ2) is 4.54. The first kappa shape index (κ1) is 9.63. The molecule has 2 nitrogen and oxygen atoms in total. The van der Waals surface area contributed by atoms with Crippen LogP contribution in [0.5, 0.6) is 5.75 Å². The maximum absolute atomic E-state index is 9.51. The first-order valence-electron chi connectivity index (χ1n) is 4.02. The minimum atomic E-state index is -0.722. The van der Waals surface area contributed by atoms with Crippen LogP contribution in [0.15, 0.2) is 24.3 Å². The van der Waals surface area contributed by atoms with E-state index >= 15 is 0 Å². The summed E-state index contributed by atoms with van der Waals surface area (Å²) in [4.78, 5) is 0. The Bertz CT molecular complexity index is 333. The van der Waals surface area contributed by atoms with Crippen LogP contribution in [-0.2, 0) is 0 Å². The number of hydrogen-bond donors (Lipinski definition) is 1. The molecule has 0 aliphatic carbocycles. The molecule has 1 atom stereocenters. The van der Waals surface area contributed by atoms with Crippen LogP contribution in [0.25, 0.3) is 0 Å². The number of aliphatic hydroxyl groups is 1. The van der Waals surface area contributed by atoms with Gasteiger partial charge in [0.05, 0.1) is 7.11 Å². The van der Waals surface area contributed by atoms with E-state index in [1.807, 2.05) is 18.2 Å². The van der Waals surface area contributed by atoms with Crippen molar-refractivity contribution in [2.24, 2.45) is 0 Å². The Morgan fingerprint density at radius 2 is 2.23 bits per heavy atom. The van der Waals surface area contributed by atoms with Crippen molar-refractivity contribution in [3.8, 4) is 17.6 Å². The lowest BCUT2D eigenvalue weighted by molar-refractivity contribution is 0.237. The Hall–Kier alpha value is -1.46. The molecule has 0 aliphatic heterocycles. The van der Waals surface area contributed by atoms with Crippen molar-refractivity contribution in [2.75, 3.05) is 7.11 Å². The van der Waals surface area contributed by atoms with Gasteiger partial charge in [-0.25, -0.2) is 0 Å². The van der Waals surface area contributed by atoms with Crippen LogP contribution >= 0.6 is 0 Å². The quantitative estimate of drug-likeness (QED) is 0.696. The summed E-state index contributed by atoms with van der Waals surface area (Å²) in [6.45, 7) is 1.70. The molecule has 1 aromatic carbocycles. The van der Waals surface area contributed by atoms with E-state index in [0.717, 1.165) is 11.3 Å². The van der Waals surface area contributed by atoms with Crippen molar-refractivity contribution in [3.63, 3.8) is 0 Å². The van der Waals surface area contributed by atoms with E-state index in [-0.39, 0.29) is 0 Å². The minimum Gasteiger partial charge on any atom is -0.497 e. The van der Waals surface area contributed by atoms with Gasteiger partial charge in [0.15, 0.2) is 0 Å². The van der Waals surface area contributed by atoms with Crippen LogP contribution < -0.4 is 4.74 Å². The molecule has 0 saturated heterocycles. The summed E-state index contributed by atoms with van der Waals surface area (Å²) in [6, 6.07) is 7.25. The molecule has 13 heavy (non-hydrogen) atoms. The molecule has 68 valence electrons. The molecule has 0 fully saturated rings. The molecule has 0 aliphatic rings. The fourth-order valence-corrected chi connectivity index (χ4v) is 1.03. The van der Waals surface area contributed by atoms with E-state index in [1.165, 1.54) is 0 Å². The van der Waals surface area contributed by atoms with Crippen molar-refractivity contribution in [2.45, 2.75) is 13.0 Å². The van der Waals surface area contributed by atoms with Crippen molar-refractivity contribution in [1.29, 1.82) is 0 Å². The van der Waals surface area contributed by atoms with Gasteiger partial charge >= 0.3 is 0 Å². The summed E-state index contributed by atoms with van der Waals surface area (Å²) < 4.78 is 5.02. The average molecular weight is 176 g/mol. The highest BCUT2D eigenvalue weighted by Gasteiger charge is 2.03. The molecule has 0 heterocycles. The Morgan fingerprint density at radius 1 is 1.46 bits per heavy atom. The van der Waals surface area contributed by atoms with Gasteiger partial charge in [-0.2, -0.15) is 0 Å². The van der Waals surface area contributed by atoms with Crippen molar-refractivity contribution in [1.82, 2.24) is 0 Å². The standard InChI is InChI=1S/C11H12O2/c1-3-5-11(12)9-6-4-7-10(8-9)13-2/h4,6-8,11-12H,1-2H3. The second-order valence-corrected chi connectivity index (χ2v) is 2.57. The largest absolute Gasteiger partial charge is 0.497 e. The third-order valence-corrected chi connectivity index (χ3v) is 1.69. The average Bonchev–Trinajstić information content (AvgIpc) is 2.18. The minimum absolute atomic E-state index is 0.722. The summed E-state index contributed by atoms with van der Waals surface area (Å²) in [7, 11) is 1.59. The highest BCUT2D eigenvalue weighted by molar-refractivity contribution is 5.32. The topological polar surface area (TPSA) is 29.5 Å². The van der Waals surface area contributed by atoms with Crippen LogP contribution in [0, 0.1) is 11.8 Å². The number of benzene rings is 1. The Kier molecular flexibility index (Phi) is 3.36. The zero-order valence-corrected chi connectivity index (χ0v) is 7.74. The summed E-state index contributed by atoms with van der Waals surface area (Å²) >= 11 is 0. The van der Waals surface area contributed by atoms with Gasteiger partial charge < -0.3 is 9.84 Å².